The van der Waals surface area contributed by atoms with E-state index in [0.717, 1.165) is 36.9 Å². The molecule has 0 saturated carbocycles. The van der Waals surface area contributed by atoms with Gasteiger partial charge >= 0.3 is 7.12 Å². The topological polar surface area (TPSA) is 69.9 Å². The summed E-state index contributed by atoms with van der Waals surface area (Å²) in [6.07, 6.45) is 2.88. The highest BCUT2D eigenvalue weighted by atomic mass is 16.7. The molecule has 2 saturated heterocycles. The maximum absolute atomic E-state index is 8.99. The summed E-state index contributed by atoms with van der Waals surface area (Å²) < 4.78 is 30.4. The Morgan fingerprint density at radius 3 is 2.31 bits per heavy atom. The second-order valence-corrected chi connectivity index (χ2v) is 9.29. The van der Waals surface area contributed by atoms with Crippen LogP contribution in [0.15, 0.2) is 42.5 Å². The molecule has 2 heterocycles. The third kappa shape index (κ3) is 5.00. The molecule has 2 aromatic carbocycles. The van der Waals surface area contributed by atoms with Gasteiger partial charge in [0.25, 0.3) is 0 Å². The molecule has 2 aliphatic heterocycles. The van der Waals surface area contributed by atoms with Gasteiger partial charge in [-0.3, -0.25) is 0 Å². The third-order valence-corrected chi connectivity index (χ3v) is 6.40. The molecule has 0 bridgehead atoms. The highest BCUT2D eigenvalue weighted by molar-refractivity contribution is 6.62. The number of hydrogen-bond acceptors (Lipinski definition) is 6. The van der Waals surface area contributed by atoms with E-state index in [1.807, 2.05) is 45.9 Å². The molecule has 2 fully saturated rings. The summed E-state index contributed by atoms with van der Waals surface area (Å²) in [7, 11) is -0.491. The van der Waals surface area contributed by atoms with E-state index >= 15 is 0 Å². The molecule has 0 aliphatic carbocycles. The van der Waals surface area contributed by atoms with Crippen molar-refractivity contribution in [2.45, 2.75) is 71.1 Å². The first-order chi connectivity index (χ1) is 15.3. The molecule has 7 heteroatoms. The number of ether oxygens (including phenoxy) is 3. The van der Waals surface area contributed by atoms with E-state index in [-0.39, 0.29) is 6.29 Å². The van der Waals surface area contributed by atoms with Gasteiger partial charge in [-0.2, -0.15) is 5.26 Å². The van der Waals surface area contributed by atoms with Crippen molar-refractivity contribution in [1.29, 1.82) is 5.26 Å². The summed E-state index contributed by atoms with van der Waals surface area (Å²) in [5.41, 5.74) is 1.59. The first kappa shape index (κ1) is 22.8. The fourth-order valence-corrected chi connectivity index (χ4v) is 3.73. The monoisotopic (exact) mass is 435 g/mol. The lowest BCUT2D eigenvalue weighted by Gasteiger charge is -2.32. The molecule has 168 valence electrons. The highest BCUT2D eigenvalue weighted by Gasteiger charge is 2.52. The van der Waals surface area contributed by atoms with E-state index in [2.05, 4.69) is 6.07 Å². The van der Waals surface area contributed by atoms with E-state index in [4.69, 9.17) is 28.8 Å². The Morgan fingerprint density at radius 1 is 1.00 bits per heavy atom. The zero-order valence-corrected chi connectivity index (χ0v) is 19.2. The molecule has 0 aromatic heterocycles. The van der Waals surface area contributed by atoms with Crippen LogP contribution >= 0.6 is 0 Å². The predicted octanol–water partition coefficient (Wildman–Crippen LogP) is 4.69. The van der Waals surface area contributed by atoms with Gasteiger partial charge in [-0.1, -0.05) is 6.07 Å². The van der Waals surface area contributed by atoms with Gasteiger partial charge in [0.15, 0.2) is 6.29 Å². The molecule has 2 aromatic rings. The van der Waals surface area contributed by atoms with Crippen molar-refractivity contribution in [3.8, 4) is 17.6 Å². The fraction of sp³-hybridized carbons (Fsp3) is 0.480. The Hall–Kier alpha value is -2.37. The van der Waals surface area contributed by atoms with Gasteiger partial charge in [0.1, 0.15) is 11.5 Å². The Bertz CT molecular complexity index is 961. The Labute approximate surface area is 190 Å². The van der Waals surface area contributed by atoms with Gasteiger partial charge in [0.2, 0.25) is 0 Å². The summed E-state index contributed by atoms with van der Waals surface area (Å²) in [4.78, 5) is 0. The molecule has 0 radical (unpaired) electrons. The van der Waals surface area contributed by atoms with Gasteiger partial charge < -0.3 is 23.5 Å². The van der Waals surface area contributed by atoms with E-state index in [9.17, 15) is 0 Å². The second-order valence-electron chi connectivity index (χ2n) is 9.29. The van der Waals surface area contributed by atoms with E-state index in [1.54, 1.807) is 24.3 Å². The third-order valence-electron chi connectivity index (χ3n) is 6.40. The maximum Gasteiger partial charge on any atom is 0.495 e. The molecule has 2 aliphatic rings. The lowest BCUT2D eigenvalue weighted by Crippen LogP contribution is -2.41. The summed E-state index contributed by atoms with van der Waals surface area (Å²) in [5.74, 6) is 1.34. The number of hydrogen-bond donors (Lipinski definition) is 0. The van der Waals surface area contributed by atoms with E-state index < -0.39 is 18.3 Å². The van der Waals surface area contributed by atoms with Crippen LogP contribution in [-0.2, 0) is 25.4 Å². The smallest absolute Gasteiger partial charge is 0.457 e. The van der Waals surface area contributed by atoms with Crippen molar-refractivity contribution in [2.24, 2.45) is 0 Å². The minimum absolute atomic E-state index is 0.196. The van der Waals surface area contributed by atoms with Crippen LogP contribution in [0.25, 0.3) is 0 Å². The molecular formula is C25H30BNO5. The molecule has 0 spiro atoms. The minimum atomic E-state index is -0.491. The quantitative estimate of drug-likeness (QED) is 0.613. The summed E-state index contributed by atoms with van der Waals surface area (Å²) in [6.45, 7) is 9.27. The molecule has 32 heavy (non-hydrogen) atoms. The van der Waals surface area contributed by atoms with Crippen molar-refractivity contribution < 1.29 is 23.5 Å². The standard InChI is InChI=1S/C25H30BNO5/c1-24(2)25(3,4)32-26(31-24)22-13-12-21(30-20-10-8-18(16-27)9-11-20)15-19(22)17-29-23-7-5-6-14-28-23/h8-13,15,23H,5-7,14,17H2,1-4H3. The van der Waals surface area contributed by atoms with Crippen LogP contribution in [0, 0.1) is 11.3 Å². The van der Waals surface area contributed by atoms with Crippen LogP contribution < -0.4 is 10.2 Å². The Kier molecular flexibility index (Phi) is 6.59. The SMILES string of the molecule is CC1(C)OB(c2ccc(Oc3ccc(C#N)cc3)cc2COC2CCCCO2)OC1(C)C. The van der Waals surface area contributed by atoms with Gasteiger partial charge in [-0.15, -0.1) is 0 Å². The number of nitriles is 1. The van der Waals surface area contributed by atoms with Crippen LogP contribution in [0.1, 0.15) is 58.1 Å². The zero-order chi connectivity index (χ0) is 22.8. The average Bonchev–Trinajstić information content (AvgIpc) is 3.00. The predicted molar refractivity (Wildman–Crippen MR) is 122 cm³/mol. The van der Waals surface area contributed by atoms with Gasteiger partial charge in [0, 0.05) is 6.61 Å². The van der Waals surface area contributed by atoms with Crippen LogP contribution in [0.5, 0.6) is 11.5 Å². The molecule has 6 nitrogen and oxygen atoms in total. The average molecular weight is 435 g/mol. The van der Waals surface area contributed by atoms with Gasteiger partial charge in [-0.05, 0) is 94.4 Å². The van der Waals surface area contributed by atoms with Crippen LogP contribution in [0.3, 0.4) is 0 Å². The first-order valence-corrected chi connectivity index (χ1v) is 11.2. The lowest BCUT2D eigenvalue weighted by molar-refractivity contribution is -0.168. The summed E-state index contributed by atoms with van der Waals surface area (Å²) in [6, 6.07) is 15.0. The number of benzene rings is 2. The molecule has 4 rings (SSSR count). The van der Waals surface area contributed by atoms with Gasteiger partial charge in [0.05, 0.1) is 29.4 Å². The van der Waals surface area contributed by atoms with E-state index in [1.165, 1.54) is 0 Å². The fourth-order valence-electron chi connectivity index (χ4n) is 3.73. The maximum atomic E-state index is 8.99. The highest BCUT2D eigenvalue weighted by Crippen LogP contribution is 2.37. The second kappa shape index (κ2) is 9.25. The van der Waals surface area contributed by atoms with Crippen molar-refractivity contribution in [1.82, 2.24) is 0 Å². The number of nitrogens with zero attached hydrogens (tertiary/aromatic N) is 1. The summed E-state index contributed by atoms with van der Waals surface area (Å²) in [5, 5.41) is 8.99. The Balaban J connectivity index is 1.57. The molecular weight excluding hydrogens is 405 g/mol. The van der Waals surface area contributed by atoms with Crippen molar-refractivity contribution >= 4 is 12.6 Å². The van der Waals surface area contributed by atoms with Crippen LogP contribution in [0.2, 0.25) is 0 Å². The molecule has 1 atom stereocenters. The van der Waals surface area contributed by atoms with Crippen molar-refractivity contribution in [3.63, 3.8) is 0 Å². The van der Waals surface area contributed by atoms with Crippen molar-refractivity contribution in [2.75, 3.05) is 6.61 Å². The summed E-state index contributed by atoms with van der Waals surface area (Å²) >= 11 is 0. The molecule has 0 N–H and O–H groups in total. The van der Waals surface area contributed by atoms with Crippen molar-refractivity contribution in [3.05, 3.63) is 53.6 Å². The van der Waals surface area contributed by atoms with Crippen LogP contribution in [-0.4, -0.2) is 31.2 Å². The lowest BCUT2D eigenvalue weighted by atomic mass is 9.76. The van der Waals surface area contributed by atoms with Crippen LogP contribution in [0.4, 0.5) is 0 Å². The zero-order valence-electron chi connectivity index (χ0n) is 19.2. The number of rotatable bonds is 6. The molecule has 1 unspecified atom stereocenters. The first-order valence-electron chi connectivity index (χ1n) is 11.2. The Morgan fingerprint density at radius 2 is 1.69 bits per heavy atom. The molecule has 0 amide bonds. The normalized spacial score (nSPS) is 21.8. The minimum Gasteiger partial charge on any atom is -0.457 e. The van der Waals surface area contributed by atoms with E-state index in [0.29, 0.717) is 23.7 Å². The largest absolute Gasteiger partial charge is 0.495 e. The van der Waals surface area contributed by atoms with Gasteiger partial charge in [-0.25, -0.2) is 0 Å².